The van der Waals surface area contributed by atoms with Crippen LogP contribution in [0.4, 0.5) is 0 Å². The molecule has 1 saturated heterocycles. The van der Waals surface area contributed by atoms with E-state index in [1.54, 1.807) is 0 Å². The molecule has 2 N–H and O–H groups in total. The Morgan fingerprint density at radius 2 is 2.14 bits per heavy atom. The molecule has 0 amide bonds. The number of hydrogen-bond acceptors (Lipinski definition) is 3. The van der Waals surface area contributed by atoms with E-state index in [-0.39, 0.29) is 0 Å². The Kier molecular flexibility index (Phi) is 6.07. The van der Waals surface area contributed by atoms with Gasteiger partial charge in [0.15, 0.2) is 0 Å². The Bertz CT molecular complexity index is 447. The summed E-state index contributed by atoms with van der Waals surface area (Å²) in [6.45, 7) is 10.4. The van der Waals surface area contributed by atoms with Crippen LogP contribution in [0.1, 0.15) is 37.3 Å². The summed E-state index contributed by atoms with van der Waals surface area (Å²) in [6.07, 6.45) is 3.68. The third kappa shape index (κ3) is 4.45. The Morgan fingerprint density at radius 3 is 2.90 bits per heavy atom. The SMILES string of the molecule is Cc1ccc(C)c(OCCCN2CCCC(C)C2CN)c1. The van der Waals surface area contributed by atoms with Gasteiger partial charge in [0.05, 0.1) is 6.61 Å². The van der Waals surface area contributed by atoms with Crippen molar-refractivity contribution in [3.63, 3.8) is 0 Å². The molecule has 0 spiro atoms. The minimum Gasteiger partial charge on any atom is -0.493 e. The molecule has 2 atom stereocenters. The van der Waals surface area contributed by atoms with Gasteiger partial charge in [0.1, 0.15) is 5.75 Å². The molecule has 0 aliphatic carbocycles. The summed E-state index contributed by atoms with van der Waals surface area (Å²) >= 11 is 0. The molecule has 0 aromatic heterocycles. The summed E-state index contributed by atoms with van der Waals surface area (Å²) in [5, 5.41) is 0. The topological polar surface area (TPSA) is 38.5 Å². The molecule has 0 radical (unpaired) electrons. The summed E-state index contributed by atoms with van der Waals surface area (Å²) in [7, 11) is 0. The monoisotopic (exact) mass is 290 g/mol. The zero-order chi connectivity index (χ0) is 15.2. The van der Waals surface area contributed by atoms with Gasteiger partial charge in [-0.15, -0.1) is 0 Å². The number of benzene rings is 1. The molecule has 1 heterocycles. The van der Waals surface area contributed by atoms with E-state index < -0.39 is 0 Å². The second kappa shape index (κ2) is 7.81. The van der Waals surface area contributed by atoms with Crippen LogP contribution in [0, 0.1) is 19.8 Å². The molecule has 0 bridgehead atoms. The molecule has 0 saturated carbocycles. The van der Waals surface area contributed by atoms with Gasteiger partial charge < -0.3 is 10.5 Å². The van der Waals surface area contributed by atoms with E-state index in [4.69, 9.17) is 10.5 Å². The Hall–Kier alpha value is -1.06. The van der Waals surface area contributed by atoms with Crippen molar-refractivity contribution in [3.8, 4) is 5.75 Å². The van der Waals surface area contributed by atoms with Crippen molar-refractivity contribution in [2.45, 2.75) is 46.1 Å². The van der Waals surface area contributed by atoms with Crippen LogP contribution < -0.4 is 10.5 Å². The maximum absolute atomic E-state index is 5.95. The largest absolute Gasteiger partial charge is 0.493 e. The van der Waals surface area contributed by atoms with Crippen LogP contribution in [0.25, 0.3) is 0 Å². The molecule has 3 nitrogen and oxygen atoms in total. The number of piperidine rings is 1. The quantitative estimate of drug-likeness (QED) is 0.818. The highest BCUT2D eigenvalue weighted by Crippen LogP contribution is 2.23. The van der Waals surface area contributed by atoms with Crippen LogP contribution >= 0.6 is 0 Å². The first kappa shape index (κ1) is 16.3. The van der Waals surface area contributed by atoms with Gasteiger partial charge in [0, 0.05) is 19.1 Å². The lowest BCUT2D eigenvalue weighted by Crippen LogP contribution is -2.49. The van der Waals surface area contributed by atoms with E-state index in [0.29, 0.717) is 6.04 Å². The highest BCUT2D eigenvalue weighted by molar-refractivity contribution is 5.35. The van der Waals surface area contributed by atoms with Crippen molar-refractivity contribution in [2.24, 2.45) is 11.7 Å². The third-order valence-electron chi connectivity index (χ3n) is 4.66. The highest BCUT2D eigenvalue weighted by atomic mass is 16.5. The second-order valence-electron chi connectivity index (χ2n) is 6.43. The van der Waals surface area contributed by atoms with Gasteiger partial charge in [-0.2, -0.15) is 0 Å². The number of nitrogens with zero attached hydrogens (tertiary/aromatic N) is 1. The summed E-state index contributed by atoms with van der Waals surface area (Å²) in [5.41, 5.74) is 8.41. The van der Waals surface area contributed by atoms with Crippen molar-refractivity contribution in [1.29, 1.82) is 0 Å². The normalized spacial score (nSPS) is 23.2. The van der Waals surface area contributed by atoms with Gasteiger partial charge >= 0.3 is 0 Å². The Labute approximate surface area is 129 Å². The van der Waals surface area contributed by atoms with Gasteiger partial charge in [0.2, 0.25) is 0 Å². The van der Waals surface area contributed by atoms with E-state index in [9.17, 15) is 0 Å². The van der Waals surface area contributed by atoms with Crippen LogP contribution in [0.2, 0.25) is 0 Å². The molecule has 1 aliphatic rings. The number of likely N-dealkylation sites (tertiary alicyclic amines) is 1. The van der Waals surface area contributed by atoms with Crippen molar-refractivity contribution in [2.75, 3.05) is 26.2 Å². The number of rotatable bonds is 6. The molecule has 118 valence electrons. The first-order valence-electron chi connectivity index (χ1n) is 8.26. The standard InChI is InChI=1S/C18H30N2O/c1-14-7-8-16(3)18(12-14)21-11-5-10-20-9-4-6-15(2)17(20)13-19/h7-8,12,15,17H,4-6,9-11,13,19H2,1-3H3. The molecule has 21 heavy (non-hydrogen) atoms. The molecule has 1 aliphatic heterocycles. The zero-order valence-electron chi connectivity index (χ0n) is 13.8. The fourth-order valence-electron chi connectivity index (χ4n) is 3.31. The van der Waals surface area contributed by atoms with Gasteiger partial charge in [-0.3, -0.25) is 4.90 Å². The van der Waals surface area contributed by atoms with Crippen molar-refractivity contribution in [3.05, 3.63) is 29.3 Å². The highest BCUT2D eigenvalue weighted by Gasteiger charge is 2.26. The summed E-state index contributed by atoms with van der Waals surface area (Å²) in [6, 6.07) is 6.94. The van der Waals surface area contributed by atoms with Gasteiger partial charge in [0.25, 0.3) is 0 Å². The van der Waals surface area contributed by atoms with Crippen molar-refractivity contribution in [1.82, 2.24) is 4.90 Å². The molecule has 1 fully saturated rings. The van der Waals surface area contributed by atoms with Crippen molar-refractivity contribution < 1.29 is 4.74 Å². The molecule has 2 unspecified atom stereocenters. The van der Waals surface area contributed by atoms with Crippen molar-refractivity contribution >= 4 is 0 Å². The molecule has 1 aromatic carbocycles. The fraction of sp³-hybridized carbons (Fsp3) is 0.667. The number of nitrogens with two attached hydrogens (primary N) is 1. The Morgan fingerprint density at radius 1 is 1.33 bits per heavy atom. The average Bonchev–Trinajstić information content (AvgIpc) is 2.47. The maximum Gasteiger partial charge on any atom is 0.122 e. The van der Waals surface area contributed by atoms with E-state index in [2.05, 4.69) is 43.9 Å². The van der Waals surface area contributed by atoms with Crippen LogP contribution in [-0.2, 0) is 0 Å². The molecular weight excluding hydrogens is 260 g/mol. The smallest absolute Gasteiger partial charge is 0.122 e. The molecular formula is C18H30N2O. The second-order valence-corrected chi connectivity index (χ2v) is 6.43. The number of aryl methyl sites for hydroxylation is 2. The van der Waals surface area contributed by atoms with Crippen LogP contribution in [0.5, 0.6) is 5.75 Å². The Balaban J connectivity index is 1.77. The van der Waals surface area contributed by atoms with Gasteiger partial charge in [-0.1, -0.05) is 19.1 Å². The number of hydrogen-bond donors (Lipinski definition) is 1. The fourth-order valence-corrected chi connectivity index (χ4v) is 3.31. The van der Waals surface area contributed by atoms with Gasteiger partial charge in [-0.25, -0.2) is 0 Å². The third-order valence-corrected chi connectivity index (χ3v) is 4.66. The van der Waals surface area contributed by atoms with Crippen LogP contribution in [0.15, 0.2) is 18.2 Å². The molecule has 3 heteroatoms. The first-order valence-corrected chi connectivity index (χ1v) is 8.26. The van der Waals surface area contributed by atoms with E-state index in [0.717, 1.165) is 37.8 Å². The lowest BCUT2D eigenvalue weighted by Gasteiger charge is -2.39. The predicted molar refractivity (Wildman–Crippen MR) is 88.8 cm³/mol. The average molecular weight is 290 g/mol. The minimum absolute atomic E-state index is 0.555. The minimum atomic E-state index is 0.555. The first-order chi connectivity index (χ1) is 10.1. The zero-order valence-corrected chi connectivity index (χ0v) is 13.8. The van der Waals surface area contributed by atoms with E-state index >= 15 is 0 Å². The van der Waals surface area contributed by atoms with Gasteiger partial charge in [-0.05, 0) is 62.8 Å². The summed E-state index contributed by atoms with van der Waals surface area (Å²) in [5.74, 6) is 1.75. The van der Waals surface area contributed by atoms with E-state index in [1.165, 1.54) is 30.5 Å². The summed E-state index contributed by atoms with van der Waals surface area (Å²) < 4.78 is 5.95. The van der Waals surface area contributed by atoms with Crippen LogP contribution in [-0.4, -0.2) is 37.2 Å². The lowest BCUT2D eigenvalue weighted by molar-refractivity contribution is 0.0995. The summed E-state index contributed by atoms with van der Waals surface area (Å²) in [4.78, 5) is 2.56. The molecule has 1 aromatic rings. The lowest BCUT2D eigenvalue weighted by atomic mass is 9.91. The van der Waals surface area contributed by atoms with Crippen LogP contribution in [0.3, 0.4) is 0 Å². The predicted octanol–water partition coefficient (Wildman–Crippen LogP) is 3.13. The molecule has 2 rings (SSSR count). The maximum atomic E-state index is 5.95. The van der Waals surface area contributed by atoms with E-state index in [1.807, 2.05) is 0 Å². The number of ether oxygens (including phenoxy) is 1.